The third-order valence-electron chi connectivity index (χ3n) is 1.39. The van der Waals surface area contributed by atoms with Crippen molar-refractivity contribution in [2.45, 2.75) is 0 Å². The van der Waals surface area contributed by atoms with Gasteiger partial charge in [-0.25, -0.2) is 14.2 Å². The van der Waals surface area contributed by atoms with Crippen molar-refractivity contribution in [2.75, 3.05) is 5.88 Å². The van der Waals surface area contributed by atoms with Gasteiger partial charge in [0.15, 0.2) is 5.82 Å². The van der Waals surface area contributed by atoms with Gasteiger partial charge >= 0.3 is 5.97 Å². The highest BCUT2D eigenvalue weighted by Crippen LogP contribution is 2.08. The Balaban J connectivity index is 3.20. The molecule has 0 fully saturated rings. The molecular formula is C9H5ClFNO2. The number of hydrogen-bond donors (Lipinski definition) is 1. The zero-order chi connectivity index (χ0) is 10.6. The summed E-state index contributed by atoms with van der Waals surface area (Å²) in [7, 11) is 0. The van der Waals surface area contributed by atoms with Crippen LogP contribution in [0.5, 0.6) is 0 Å². The Kier molecular flexibility index (Phi) is 3.43. The van der Waals surface area contributed by atoms with Crippen molar-refractivity contribution in [3.8, 4) is 11.8 Å². The van der Waals surface area contributed by atoms with Crippen LogP contribution in [0.25, 0.3) is 0 Å². The number of pyridine rings is 1. The Bertz CT molecular complexity index is 423. The third kappa shape index (κ3) is 2.21. The van der Waals surface area contributed by atoms with Gasteiger partial charge in [-0.05, 0) is 12.0 Å². The highest BCUT2D eigenvalue weighted by Gasteiger charge is 2.13. The van der Waals surface area contributed by atoms with Crippen molar-refractivity contribution in [1.29, 1.82) is 0 Å². The van der Waals surface area contributed by atoms with Crippen LogP contribution in [0.1, 0.15) is 16.1 Å². The number of rotatable bonds is 1. The number of alkyl halides is 1. The summed E-state index contributed by atoms with van der Waals surface area (Å²) < 4.78 is 13.3. The monoisotopic (exact) mass is 213 g/mol. The summed E-state index contributed by atoms with van der Waals surface area (Å²) >= 11 is 5.27. The zero-order valence-electron chi connectivity index (χ0n) is 6.92. The van der Waals surface area contributed by atoms with Crippen LogP contribution in [0.3, 0.4) is 0 Å². The Labute approximate surface area is 84.5 Å². The molecule has 0 aliphatic rings. The van der Waals surface area contributed by atoms with E-state index in [2.05, 4.69) is 16.8 Å². The first-order valence-corrected chi connectivity index (χ1v) is 4.13. The van der Waals surface area contributed by atoms with E-state index in [1.165, 1.54) is 6.20 Å². The fraction of sp³-hybridized carbons (Fsp3) is 0.111. The SMILES string of the molecule is O=C(O)c1ccnc(C#CCCl)c1F. The summed E-state index contributed by atoms with van der Waals surface area (Å²) in [5.74, 6) is 2.48. The quantitative estimate of drug-likeness (QED) is 0.568. The smallest absolute Gasteiger partial charge is 0.338 e. The van der Waals surface area contributed by atoms with Crippen molar-refractivity contribution < 1.29 is 14.3 Å². The molecule has 1 N–H and O–H groups in total. The van der Waals surface area contributed by atoms with Crippen molar-refractivity contribution in [3.63, 3.8) is 0 Å². The highest BCUT2D eigenvalue weighted by molar-refractivity contribution is 6.19. The minimum atomic E-state index is -1.35. The maximum absolute atomic E-state index is 13.3. The van der Waals surface area contributed by atoms with Gasteiger partial charge in [-0.1, -0.05) is 5.92 Å². The van der Waals surface area contributed by atoms with E-state index in [-0.39, 0.29) is 11.6 Å². The summed E-state index contributed by atoms with van der Waals surface area (Å²) in [5, 5.41) is 8.57. The van der Waals surface area contributed by atoms with Crippen LogP contribution in [-0.2, 0) is 0 Å². The lowest BCUT2D eigenvalue weighted by atomic mass is 10.2. The molecule has 0 saturated carbocycles. The minimum Gasteiger partial charge on any atom is -0.478 e. The Morgan fingerprint density at radius 1 is 1.71 bits per heavy atom. The Morgan fingerprint density at radius 2 is 2.43 bits per heavy atom. The molecule has 1 rings (SSSR count). The average Bonchev–Trinajstić information content (AvgIpc) is 2.16. The predicted octanol–water partition coefficient (Wildman–Crippen LogP) is 1.51. The molecule has 3 nitrogen and oxygen atoms in total. The number of aromatic nitrogens is 1. The molecule has 1 aromatic rings. The van der Waals surface area contributed by atoms with E-state index in [1.54, 1.807) is 0 Å². The highest BCUT2D eigenvalue weighted by atomic mass is 35.5. The first-order valence-electron chi connectivity index (χ1n) is 3.59. The van der Waals surface area contributed by atoms with Gasteiger partial charge in [0.1, 0.15) is 5.69 Å². The third-order valence-corrected chi connectivity index (χ3v) is 1.53. The molecule has 1 aromatic heterocycles. The molecule has 0 amide bonds. The second-order valence-electron chi connectivity index (χ2n) is 2.26. The molecule has 0 radical (unpaired) electrons. The molecule has 0 saturated heterocycles. The number of halogens is 2. The van der Waals surface area contributed by atoms with E-state index < -0.39 is 17.3 Å². The van der Waals surface area contributed by atoms with E-state index >= 15 is 0 Å². The molecule has 72 valence electrons. The van der Waals surface area contributed by atoms with E-state index in [9.17, 15) is 9.18 Å². The van der Waals surface area contributed by atoms with Crippen LogP contribution in [0.2, 0.25) is 0 Å². The second-order valence-corrected chi connectivity index (χ2v) is 2.53. The molecular weight excluding hydrogens is 209 g/mol. The molecule has 0 aliphatic carbocycles. The van der Waals surface area contributed by atoms with E-state index in [4.69, 9.17) is 16.7 Å². The summed E-state index contributed by atoms with van der Waals surface area (Å²) in [5.41, 5.74) is -0.649. The molecule has 14 heavy (non-hydrogen) atoms. The topological polar surface area (TPSA) is 50.2 Å². The fourth-order valence-corrected chi connectivity index (χ4v) is 0.880. The van der Waals surface area contributed by atoms with Crippen molar-refractivity contribution in [1.82, 2.24) is 4.98 Å². The van der Waals surface area contributed by atoms with Crippen LogP contribution < -0.4 is 0 Å². The van der Waals surface area contributed by atoms with Crippen molar-refractivity contribution in [2.24, 2.45) is 0 Å². The van der Waals surface area contributed by atoms with Gasteiger partial charge in [0.2, 0.25) is 0 Å². The minimum absolute atomic E-state index is 0.0401. The van der Waals surface area contributed by atoms with Crippen molar-refractivity contribution in [3.05, 3.63) is 29.3 Å². The van der Waals surface area contributed by atoms with Crippen LogP contribution in [-0.4, -0.2) is 21.9 Å². The molecule has 1 heterocycles. The van der Waals surface area contributed by atoms with Gasteiger partial charge in [-0.3, -0.25) is 0 Å². The summed E-state index contributed by atoms with van der Waals surface area (Å²) in [6.07, 6.45) is 1.19. The van der Waals surface area contributed by atoms with E-state index in [0.717, 1.165) is 6.07 Å². The number of nitrogens with zero attached hydrogens (tertiary/aromatic N) is 1. The molecule has 0 aromatic carbocycles. The summed E-state index contributed by atoms with van der Waals surface area (Å²) in [6.45, 7) is 0. The lowest BCUT2D eigenvalue weighted by Gasteiger charge is -1.97. The maximum atomic E-state index is 13.3. The molecule has 0 bridgehead atoms. The number of carboxylic acid groups (broad SMARTS) is 1. The molecule has 5 heteroatoms. The Morgan fingerprint density at radius 3 is 3.00 bits per heavy atom. The Hall–Kier alpha value is -1.60. The molecule has 0 spiro atoms. The standard InChI is InChI=1S/C9H5ClFNO2/c10-4-1-2-7-8(11)6(9(13)14)3-5-12-7/h3,5H,4H2,(H,13,14). The van der Waals surface area contributed by atoms with Gasteiger partial charge in [0.05, 0.1) is 11.4 Å². The maximum Gasteiger partial charge on any atom is 0.338 e. The predicted molar refractivity (Wildman–Crippen MR) is 48.8 cm³/mol. The van der Waals surface area contributed by atoms with Crippen LogP contribution in [0, 0.1) is 17.7 Å². The summed E-state index contributed by atoms with van der Waals surface area (Å²) in [6, 6.07) is 1.07. The normalized spacial score (nSPS) is 9.00. The van der Waals surface area contributed by atoms with Gasteiger partial charge in [0.25, 0.3) is 0 Å². The largest absolute Gasteiger partial charge is 0.478 e. The molecule has 0 aliphatic heterocycles. The van der Waals surface area contributed by atoms with Crippen molar-refractivity contribution >= 4 is 17.6 Å². The average molecular weight is 214 g/mol. The van der Waals surface area contributed by atoms with Gasteiger partial charge in [-0.2, -0.15) is 0 Å². The fourth-order valence-electron chi connectivity index (χ4n) is 0.813. The molecule has 0 unspecified atom stereocenters. The van der Waals surface area contributed by atoms with Gasteiger partial charge < -0.3 is 5.11 Å². The number of aromatic carboxylic acids is 1. The van der Waals surface area contributed by atoms with Gasteiger partial charge in [-0.15, -0.1) is 11.6 Å². The zero-order valence-corrected chi connectivity index (χ0v) is 7.68. The number of carbonyl (C=O) groups is 1. The van der Waals surface area contributed by atoms with E-state index in [0.29, 0.717) is 0 Å². The number of hydrogen-bond acceptors (Lipinski definition) is 2. The van der Waals surface area contributed by atoms with Crippen LogP contribution in [0.4, 0.5) is 4.39 Å². The van der Waals surface area contributed by atoms with E-state index in [1.807, 2.05) is 0 Å². The first kappa shape index (κ1) is 10.5. The second kappa shape index (κ2) is 4.58. The molecule has 0 atom stereocenters. The summed E-state index contributed by atoms with van der Waals surface area (Å²) in [4.78, 5) is 14.1. The van der Waals surface area contributed by atoms with Crippen LogP contribution >= 0.6 is 11.6 Å². The number of carboxylic acids is 1. The van der Waals surface area contributed by atoms with Gasteiger partial charge in [0, 0.05) is 6.20 Å². The lowest BCUT2D eigenvalue weighted by molar-refractivity contribution is 0.0691. The van der Waals surface area contributed by atoms with Crippen LogP contribution in [0.15, 0.2) is 12.3 Å². The first-order chi connectivity index (χ1) is 6.66. The lowest BCUT2D eigenvalue weighted by Crippen LogP contribution is -2.03.